The minimum absolute atomic E-state index is 0.369. The van der Waals surface area contributed by atoms with Crippen molar-refractivity contribution in [1.29, 1.82) is 0 Å². The second kappa shape index (κ2) is 3.89. The van der Waals surface area contributed by atoms with E-state index in [4.69, 9.17) is 21.7 Å². The highest BCUT2D eigenvalue weighted by atomic mass is 16.5. The van der Waals surface area contributed by atoms with Crippen molar-refractivity contribution in [2.24, 2.45) is 11.5 Å². The maximum Gasteiger partial charge on any atom is 0.326 e. The predicted octanol–water partition coefficient (Wildman–Crippen LogP) is -0.239. The molecule has 13 heavy (non-hydrogen) atoms. The molecule has 0 aromatic heterocycles. The van der Waals surface area contributed by atoms with E-state index < -0.39 is 6.10 Å². The fourth-order valence-corrected chi connectivity index (χ4v) is 1.10. The molecule has 1 unspecified atom stereocenters. The van der Waals surface area contributed by atoms with Gasteiger partial charge in [-0.15, -0.1) is 0 Å². The summed E-state index contributed by atoms with van der Waals surface area (Å²) in [5.41, 5.74) is 21.1. The first kappa shape index (κ1) is 9.51. The van der Waals surface area contributed by atoms with Crippen molar-refractivity contribution in [3.8, 4) is 0 Å². The first-order valence-corrected chi connectivity index (χ1v) is 3.97. The molecular weight excluding hydrogens is 168 g/mol. The summed E-state index contributed by atoms with van der Waals surface area (Å²) in [6.45, 7) is 2.31. The SMILES string of the molecule is CCOC1C(=[N+]=[N-])C=CC(N)=C1N. The van der Waals surface area contributed by atoms with Crippen LogP contribution < -0.4 is 11.5 Å². The first-order valence-electron chi connectivity index (χ1n) is 3.97. The minimum atomic E-state index is -0.528. The third-order valence-electron chi connectivity index (χ3n) is 1.77. The lowest BCUT2D eigenvalue weighted by atomic mass is 10.0. The smallest absolute Gasteiger partial charge is 0.326 e. The Morgan fingerprint density at radius 1 is 1.54 bits per heavy atom. The molecular formula is C8H12N4O. The molecule has 0 radical (unpaired) electrons. The number of hydrogen-bond donors (Lipinski definition) is 2. The van der Waals surface area contributed by atoms with Gasteiger partial charge in [0.2, 0.25) is 0 Å². The van der Waals surface area contributed by atoms with E-state index >= 15 is 0 Å². The largest absolute Gasteiger partial charge is 0.398 e. The molecule has 0 aromatic carbocycles. The summed E-state index contributed by atoms with van der Waals surface area (Å²) < 4.78 is 5.26. The number of ether oxygens (including phenoxy) is 1. The third kappa shape index (κ3) is 1.77. The van der Waals surface area contributed by atoms with E-state index in [1.807, 2.05) is 6.92 Å². The van der Waals surface area contributed by atoms with E-state index in [0.717, 1.165) is 0 Å². The Morgan fingerprint density at radius 2 is 2.23 bits per heavy atom. The van der Waals surface area contributed by atoms with E-state index in [1.165, 1.54) is 0 Å². The van der Waals surface area contributed by atoms with Crippen LogP contribution in [0.4, 0.5) is 0 Å². The number of hydrogen-bond acceptors (Lipinski definition) is 3. The molecule has 0 amide bonds. The van der Waals surface area contributed by atoms with E-state index in [-0.39, 0.29) is 0 Å². The van der Waals surface area contributed by atoms with Crippen molar-refractivity contribution >= 4 is 5.71 Å². The van der Waals surface area contributed by atoms with Crippen molar-refractivity contribution in [1.82, 2.24) is 0 Å². The molecule has 0 fully saturated rings. The molecule has 0 saturated heterocycles. The molecule has 0 spiro atoms. The van der Waals surface area contributed by atoms with Gasteiger partial charge in [0.15, 0.2) is 6.10 Å². The Morgan fingerprint density at radius 3 is 2.77 bits per heavy atom. The van der Waals surface area contributed by atoms with E-state index in [2.05, 4.69) is 4.79 Å². The Bertz CT molecular complexity index is 312. The first-order chi connectivity index (χ1) is 6.20. The standard InChI is InChI=1S/C8H12N4O/c1-2-13-8-6(12-11)4-3-5(9)7(8)10/h3-4,8H,2,9-10H2,1H3. The van der Waals surface area contributed by atoms with Crippen LogP contribution in [0.5, 0.6) is 0 Å². The van der Waals surface area contributed by atoms with Gasteiger partial charge in [-0.1, -0.05) is 0 Å². The molecule has 0 saturated carbocycles. The Labute approximate surface area is 76.3 Å². The monoisotopic (exact) mass is 180 g/mol. The van der Waals surface area contributed by atoms with Gasteiger partial charge in [0, 0.05) is 12.7 Å². The van der Waals surface area contributed by atoms with Gasteiger partial charge in [0.25, 0.3) is 0 Å². The zero-order valence-electron chi connectivity index (χ0n) is 7.40. The summed E-state index contributed by atoms with van der Waals surface area (Å²) in [5, 5.41) is 0. The van der Waals surface area contributed by atoms with E-state index in [1.54, 1.807) is 12.2 Å². The van der Waals surface area contributed by atoms with Crippen molar-refractivity contribution in [3.05, 3.63) is 29.1 Å². The molecule has 0 heterocycles. The van der Waals surface area contributed by atoms with Crippen LogP contribution >= 0.6 is 0 Å². The molecule has 70 valence electrons. The third-order valence-corrected chi connectivity index (χ3v) is 1.77. The molecule has 1 aliphatic carbocycles. The van der Waals surface area contributed by atoms with Gasteiger partial charge < -0.3 is 21.7 Å². The van der Waals surface area contributed by atoms with Crippen molar-refractivity contribution in [3.63, 3.8) is 0 Å². The molecule has 1 rings (SSSR count). The Balaban J connectivity index is 3.00. The van der Waals surface area contributed by atoms with Crippen molar-refractivity contribution < 1.29 is 9.53 Å². The van der Waals surface area contributed by atoms with Gasteiger partial charge in [-0.25, -0.2) is 0 Å². The molecule has 0 bridgehead atoms. The minimum Gasteiger partial charge on any atom is -0.398 e. The van der Waals surface area contributed by atoms with Crippen LogP contribution in [0.1, 0.15) is 6.92 Å². The van der Waals surface area contributed by atoms with Gasteiger partial charge >= 0.3 is 5.71 Å². The summed E-state index contributed by atoms with van der Waals surface area (Å²) >= 11 is 0. The highest BCUT2D eigenvalue weighted by Gasteiger charge is 2.28. The fraction of sp³-hybridized carbons (Fsp3) is 0.375. The molecule has 1 atom stereocenters. The van der Waals surface area contributed by atoms with Gasteiger partial charge in [0.1, 0.15) is 0 Å². The van der Waals surface area contributed by atoms with Gasteiger partial charge in [-0.3, -0.25) is 0 Å². The van der Waals surface area contributed by atoms with Gasteiger partial charge in [0.05, 0.1) is 11.4 Å². The lowest BCUT2D eigenvalue weighted by molar-refractivity contribution is -0.0231. The van der Waals surface area contributed by atoms with Crippen LogP contribution in [0, 0.1) is 0 Å². The van der Waals surface area contributed by atoms with Gasteiger partial charge in [-0.05, 0) is 13.0 Å². The number of nitrogens with zero attached hydrogens (tertiary/aromatic N) is 2. The number of nitrogens with two attached hydrogens (primary N) is 2. The summed E-state index contributed by atoms with van der Waals surface area (Å²) in [6, 6.07) is 0. The fourth-order valence-electron chi connectivity index (χ4n) is 1.10. The quantitative estimate of drug-likeness (QED) is 0.453. The van der Waals surface area contributed by atoms with Crippen molar-refractivity contribution in [2.75, 3.05) is 6.61 Å². The zero-order chi connectivity index (χ0) is 9.84. The Kier molecular flexibility index (Phi) is 2.84. The maximum atomic E-state index is 8.63. The summed E-state index contributed by atoms with van der Waals surface area (Å²) in [7, 11) is 0. The number of rotatable bonds is 2. The lowest BCUT2D eigenvalue weighted by Gasteiger charge is -2.16. The van der Waals surface area contributed by atoms with Crippen LogP contribution in [-0.2, 0) is 4.74 Å². The number of allylic oxidation sites excluding steroid dienone is 1. The highest BCUT2D eigenvalue weighted by molar-refractivity contribution is 5.98. The predicted molar refractivity (Wildman–Crippen MR) is 48.6 cm³/mol. The molecule has 5 heteroatoms. The molecule has 1 aliphatic rings. The summed E-state index contributed by atoms with van der Waals surface area (Å²) in [6.07, 6.45) is 2.63. The second-order valence-electron chi connectivity index (χ2n) is 2.60. The molecule has 0 aromatic rings. The van der Waals surface area contributed by atoms with Crippen molar-refractivity contribution in [2.45, 2.75) is 13.0 Å². The lowest BCUT2D eigenvalue weighted by Crippen LogP contribution is -2.34. The summed E-state index contributed by atoms with van der Waals surface area (Å²) in [5.74, 6) is 0. The van der Waals surface area contributed by atoms with E-state index in [9.17, 15) is 0 Å². The second-order valence-corrected chi connectivity index (χ2v) is 2.60. The molecule has 4 N–H and O–H groups in total. The maximum absolute atomic E-state index is 8.63. The van der Waals surface area contributed by atoms with Crippen LogP contribution in [0.15, 0.2) is 23.5 Å². The summed E-state index contributed by atoms with van der Waals surface area (Å²) in [4.78, 5) is 3.07. The molecule has 5 nitrogen and oxygen atoms in total. The molecule has 0 aliphatic heterocycles. The van der Waals surface area contributed by atoms with E-state index in [0.29, 0.717) is 23.7 Å². The van der Waals surface area contributed by atoms with Crippen LogP contribution in [-0.4, -0.2) is 23.2 Å². The van der Waals surface area contributed by atoms with Gasteiger partial charge in [-0.2, -0.15) is 4.79 Å². The normalized spacial score (nSPS) is 21.9. The topological polar surface area (TPSA) is 97.7 Å². The average molecular weight is 180 g/mol. The van der Waals surface area contributed by atoms with Crippen LogP contribution in [0.3, 0.4) is 0 Å². The van der Waals surface area contributed by atoms with Crippen LogP contribution in [0.2, 0.25) is 0 Å². The highest BCUT2D eigenvalue weighted by Crippen LogP contribution is 2.12. The average Bonchev–Trinajstić information content (AvgIpc) is 2.14. The zero-order valence-corrected chi connectivity index (χ0v) is 7.40. The van der Waals surface area contributed by atoms with Crippen LogP contribution in [0.25, 0.3) is 5.53 Å². The Hall–Kier alpha value is -1.58.